The molecular formula is C42H34O20. The first-order chi connectivity index (χ1) is 29.3. The lowest BCUT2D eigenvalue weighted by Gasteiger charge is -2.32. The zero-order valence-corrected chi connectivity index (χ0v) is 31.4. The number of carboxylic acid groups (broad SMARTS) is 2. The molecule has 20 nitrogen and oxygen atoms in total. The van der Waals surface area contributed by atoms with E-state index in [1.807, 2.05) is 0 Å². The summed E-state index contributed by atoms with van der Waals surface area (Å²) in [5.41, 5.74) is 0.262. The fourth-order valence-corrected chi connectivity index (χ4v) is 5.03. The summed E-state index contributed by atoms with van der Waals surface area (Å²) in [7, 11) is 0. The van der Waals surface area contributed by atoms with Crippen LogP contribution in [0.15, 0.2) is 97.1 Å². The fourth-order valence-electron chi connectivity index (χ4n) is 5.03. The number of carboxylic acids is 2. The van der Waals surface area contributed by atoms with Crippen molar-refractivity contribution in [3.05, 3.63) is 119 Å². The largest absolute Gasteiger partial charge is 0.504 e. The summed E-state index contributed by atoms with van der Waals surface area (Å²) in [6.45, 7) is 0. The Kier molecular flexibility index (Phi) is 15.2. The lowest BCUT2D eigenvalue weighted by Crippen LogP contribution is -2.56. The highest BCUT2D eigenvalue weighted by molar-refractivity contribution is 5.92. The third-order valence-corrected chi connectivity index (χ3v) is 8.04. The molecule has 10 N–H and O–H groups in total. The van der Waals surface area contributed by atoms with Gasteiger partial charge >= 0.3 is 35.8 Å². The van der Waals surface area contributed by atoms with Crippen molar-refractivity contribution >= 4 is 60.1 Å². The lowest BCUT2D eigenvalue weighted by atomic mass is 10.0. The van der Waals surface area contributed by atoms with E-state index < -0.39 is 106 Å². The molecule has 0 saturated carbocycles. The first-order valence-corrected chi connectivity index (χ1v) is 17.4. The van der Waals surface area contributed by atoms with E-state index in [-0.39, 0.29) is 22.3 Å². The molecule has 0 aromatic heterocycles. The molecule has 0 aliphatic carbocycles. The van der Waals surface area contributed by atoms with Gasteiger partial charge in [0, 0.05) is 24.3 Å². The van der Waals surface area contributed by atoms with Crippen LogP contribution >= 0.6 is 0 Å². The molecule has 20 heteroatoms. The molecule has 62 heavy (non-hydrogen) atoms. The number of benzene rings is 4. The summed E-state index contributed by atoms with van der Waals surface area (Å²) in [5, 5.41) is 98.3. The Labute approximate surface area is 348 Å². The second-order valence-corrected chi connectivity index (χ2v) is 12.5. The Morgan fingerprint density at radius 2 is 0.581 bits per heavy atom. The number of rotatable bonds is 17. The zero-order valence-electron chi connectivity index (χ0n) is 31.4. The van der Waals surface area contributed by atoms with Gasteiger partial charge < -0.3 is 70.0 Å². The quantitative estimate of drug-likeness (QED) is 0.0315. The molecule has 4 aromatic rings. The van der Waals surface area contributed by atoms with Crippen molar-refractivity contribution in [2.45, 2.75) is 24.4 Å². The van der Waals surface area contributed by atoms with E-state index in [1.165, 1.54) is 24.3 Å². The summed E-state index contributed by atoms with van der Waals surface area (Å²) < 4.78 is 20.7. The van der Waals surface area contributed by atoms with Gasteiger partial charge in [-0.05, 0) is 95.1 Å². The molecule has 4 atom stereocenters. The summed E-state index contributed by atoms with van der Waals surface area (Å²) in [6, 6.07) is 13.1. The van der Waals surface area contributed by atoms with E-state index in [1.54, 1.807) is 0 Å². The van der Waals surface area contributed by atoms with Gasteiger partial charge in [0.1, 0.15) is 0 Å². The molecule has 4 aromatic carbocycles. The van der Waals surface area contributed by atoms with Crippen LogP contribution in [0.2, 0.25) is 0 Å². The fraction of sp³-hybridized carbons (Fsp3) is 0.0952. The summed E-state index contributed by atoms with van der Waals surface area (Å²) in [4.78, 5) is 78.4. The van der Waals surface area contributed by atoms with Crippen LogP contribution < -0.4 is 0 Å². The number of aromatic hydroxyl groups is 8. The maximum absolute atomic E-state index is 13.3. The zero-order chi connectivity index (χ0) is 45.7. The van der Waals surface area contributed by atoms with E-state index in [0.29, 0.717) is 24.3 Å². The van der Waals surface area contributed by atoms with Crippen molar-refractivity contribution < 1.29 is 98.8 Å². The summed E-state index contributed by atoms with van der Waals surface area (Å²) in [6.07, 6.45) is -4.60. The van der Waals surface area contributed by atoms with Gasteiger partial charge in [0.05, 0.1) is 0 Å². The maximum Gasteiger partial charge on any atom is 0.349 e. The van der Waals surface area contributed by atoms with E-state index in [4.69, 9.17) is 18.9 Å². The van der Waals surface area contributed by atoms with Crippen molar-refractivity contribution in [2.75, 3.05) is 0 Å². The number of carbonyl (C=O) groups excluding carboxylic acids is 4. The molecule has 0 radical (unpaired) electrons. The summed E-state index contributed by atoms with van der Waals surface area (Å²) >= 11 is 0. The number of phenols is 8. The number of hydrogen-bond donors (Lipinski definition) is 10. The van der Waals surface area contributed by atoms with Gasteiger partial charge in [-0.25, -0.2) is 28.8 Å². The standard InChI is InChI=1S/C42H34O20/c43-25-9-1-21(17-29(25)47)5-13-33(51)59-37(39(41(55)56)61-35(53)15-7-23-3-11-27(45)31(49)19-23)38(60-34(52)14-6-22-2-10-26(44)30(48)18-22)40(42(57)58)62-36(54)16-8-24-4-12-28(46)32(50)20-24/h1-20,37-40,43-50H,(H,55,56)(H,57,58). The monoisotopic (exact) mass is 858 g/mol. The van der Waals surface area contributed by atoms with Crippen LogP contribution in [0.4, 0.5) is 0 Å². The molecule has 0 amide bonds. The third kappa shape index (κ3) is 13.0. The Balaban J connectivity index is 1.80. The van der Waals surface area contributed by atoms with Gasteiger partial charge in [-0.15, -0.1) is 0 Å². The minimum Gasteiger partial charge on any atom is -0.504 e. The average Bonchev–Trinajstić information content (AvgIpc) is 3.22. The van der Waals surface area contributed by atoms with Crippen molar-refractivity contribution in [2.24, 2.45) is 0 Å². The molecule has 0 heterocycles. The molecule has 0 aliphatic heterocycles. The predicted molar refractivity (Wildman–Crippen MR) is 210 cm³/mol. The van der Waals surface area contributed by atoms with Gasteiger partial charge in [0.25, 0.3) is 0 Å². The molecule has 4 rings (SSSR count). The molecule has 0 bridgehead atoms. The van der Waals surface area contributed by atoms with Crippen LogP contribution in [0.5, 0.6) is 46.0 Å². The first-order valence-electron chi connectivity index (χ1n) is 17.4. The Morgan fingerprint density at radius 3 is 0.790 bits per heavy atom. The van der Waals surface area contributed by atoms with Crippen LogP contribution in [-0.2, 0) is 47.7 Å². The number of carbonyl (C=O) groups is 6. The van der Waals surface area contributed by atoms with Gasteiger partial charge in [0.2, 0.25) is 12.2 Å². The maximum atomic E-state index is 13.3. The van der Waals surface area contributed by atoms with Gasteiger partial charge in [-0.2, -0.15) is 0 Å². The second kappa shape index (κ2) is 20.7. The number of aliphatic carboxylic acids is 2. The molecule has 322 valence electrons. The van der Waals surface area contributed by atoms with Crippen molar-refractivity contribution in [3.8, 4) is 46.0 Å². The molecule has 0 spiro atoms. The topological polar surface area (TPSA) is 342 Å². The van der Waals surface area contributed by atoms with Crippen LogP contribution in [0, 0.1) is 0 Å². The average molecular weight is 859 g/mol. The van der Waals surface area contributed by atoms with E-state index in [2.05, 4.69) is 0 Å². The van der Waals surface area contributed by atoms with E-state index in [9.17, 15) is 79.8 Å². The smallest absolute Gasteiger partial charge is 0.349 e. The van der Waals surface area contributed by atoms with E-state index >= 15 is 0 Å². The van der Waals surface area contributed by atoms with Crippen LogP contribution in [0.25, 0.3) is 24.3 Å². The van der Waals surface area contributed by atoms with Crippen LogP contribution in [0.1, 0.15) is 22.3 Å². The minimum absolute atomic E-state index is 0.0554. The Morgan fingerprint density at radius 1 is 0.355 bits per heavy atom. The molecule has 0 fully saturated rings. The number of ether oxygens (including phenoxy) is 4. The molecule has 0 aliphatic rings. The van der Waals surface area contributed by atoms with Gasteiger partial charge in [-0.3, -0.25) is 0 Å². The highest BCUT2D eigenvalue weighted by Crippen LogP contribution is 2.29. The minimum atomic E-state index is -2.79. The number of hydrogen-bond acceptors (Lipinski definition) is 18. The molecular weight excluding hydrogens is 824 g/mol. The highest BCUT2D eigenvalue weighted by Gasteiger charge is 2.49. The SMILES string of the molecule is O=C(C=Cc1ccc(O)c(O)c1)OC(C(=O)O)C(OC(=O)C=Cc1ccc(O)c(O)c1)C(OC(=O)C=Cc1ccc(O)c(O)c1)C(OC(=O)C=Cc1ccc(O)c(O)c1)C(=O)O. The highest BCUT2D eigenvalue weighted by atomic mass is 16.6. The second-order valence-electron chi connectivity index (χ2n) is 12.5. The third-order valence-electron chi connectivity index (χ3n) is 8.04. The normalized spacial score (nSPS) is 13.4. The van der Waals surface area contributed by atoms with Crippen molar-refractivity contribution in [1.29, 1.82) is 0 Å². The Bertz CT molecular complexity index is 2310. The summed E-state index contributed by atoms with van der Waals surface area (Å²) in [5.74, 6) is -14.9. The Hall–Kier alpha value is -8.94. The van der Waals surface area contributed by atoms with Crippen LogP contribution in [-0.4, -0.2) is 111 Å². The first kappa shape index (κ1) is 45.8. The van der Waals surface area contributed by atoms with Gasteiger partial charge in [-0.1, -0.05) is 24.3 Å². The molecule has 0 saturated heterocycles. The predicted octanol–water partition coefficient (Wildman–Crippen LogP) is 3.30. The lowest BCUT2D eigenvalue weighted by molar-refractivity contribution is -0.203. The number of phenolic OH excluding ortho intramolecular Hbond substituents is 8. The van der Waals surface area contributed by atoms with Gasteiger partial charge in [0.15, 0.2) is 58.2 Å². The van der Waals surface area contributed by atoms with Crippen LogP contribution in [0.3, 0.4) is 0 Å². The number of esters is 4. The molecule has 4 unspecified atom stereocenters. The van der Waals surface area contributed by atoms with Crippen molar-refractivity contribution in [3.63, 3.8) is 0 Å². The van der Waals surface area contributed by atoms with E-state index in [0.717, 1.165) is 72.8 Å². The van der Waals surface area contributed by atoms with Crippen molar-refractivity contribution in [1.82, 2.24) is 0 Å².